The Morgan fingerprint density at radius 3 is 2.67 bits per heavy atom. The van der Waals surface area contributed by atoms with Crippen molar-refractivity contribution in [2.45, 2.75) is 38.2 Å². The van der Waals surface area contributed by atoms with Crippen LogP contribution >= 0.6 is 0 Å². The van der Waals surface area contributed by atoms with E-state index in [0.29, 0.717) is 19.4 Å². The van der Waals surface area contributed by atoms with Crippen LogP contribution in [-0.4, -0.2) is 47.9 Å². The molecule has 1 heterocycles. The summed E-state index contributed by atoms with van der Waals surface area (Å²) in [6.45, 7) is 1.23. The molecular formula is C13H21F4N3O. The lowest BCUT2D eigenvalue weighted by atomic mass is 10.1. The predicted octanol–water partition coefficient (Wildman–Crippen LogP) is 2.25. The number of aryl methyl sites for hydroxylation is 2. The monoisotopic (exact) mass is 311 g/mol. The van der Waals surface area contributed by atoms with Crippen LogP contribution in [0.15, 0.2) is 12.4 Å². The summed E-state index contributed by atoms with van der Waals surface area (Å²) in [5.41, 5.74) is 1.03. The number of halogens is 4. The highest BCUT2D eigenvalue weighted by atomic mass is 19.3. The summed E-state index contributed by atoms with van der Waals surface area (Å²) in [5.74, 6) is -4.10. The first-order valence-corrected chi connectivity index (χ1v) is 6.79. The molecule has 0 aromatic carbocycles. The van der Waals surface area contributed by atoms with Gasteiger partial charge in [0.2, 0.25) is 0 Å². The summed E-state index contributed by atoms with van der Waals surface area (Å²) < 4.78 is 55.9. The second-order valence-corrected chi connectivity index (χ2v) is 4.89. The van der Waals surface area contributed by atoms with Gasteiger partial charge in [-0.25, -0.2) is 8.78 Å². The van der Waals surface area contributed by atoms with Crippen molar-refractivity contribution in [3.05, 3.63) is 18.0 Å². The maximum absolute atomic E-state index is 12.7. The molecule has 122 valence electrons. The normalized spacial score (nSPS) is 13.9. The van der Waals surface area contributed by atoms with Crippen LogP contribution in [0.25, 0.3) is 0 Å². The molecule has 1 aromatic rings. The zero-order valence-corrected chi connectivity index (χ0v) is 12.2. The molecule has 0 aliphatic rings. The second kappa shape index (κ2) is 8.33. The van der Waals surface area contributed by atoms with Gasteiger partial charge in [0.15, 0.2) is 0 Å². The van der Waals surface area contributed by atoms with E-state index in [4.69, 9.17) is 4.74 Å². The number of nitrogens with zero attached hydrogens (tertiary/aromatic N) is 2. The molecule has 8 heteroatoms. The fraction of sp³-hybridized carbons (Fsp3) is 0.769. The molecule has 0 bridgehead atoms. The third-order valence-electron chi connectivity index (χ3n) is 2.97. The van der Waals surface area contributed by atoms with Crippen LogP contribution in [-0.2, 0) is 18.2 Å². The third-order valence-corrected chi connectivity index (χ3v) is 2.97. The molecule has 4 nitrogen and oxygen atoms in total. The van der Waals surface area contributed by atoms with Gasteiger partial charge in [0.25, 0.3) is 0 Å². The largest absolute Gasteiger partial charge is 0.373 e. The number of rotatable bonds is 10. The lowest BCUT2D eigenvalue weighted by molar-refractivity contribution is -0.167. The first-order chi connectivity index (χ1) is 9.85. The summed E-state index contributed by atoms with van der Waals surface area (Å²) in [7, 11) is 1.81. The van der Waals surface area contributed by atoms with Gasteiger partial charge in [-0.2, -0.15) is 13.9 Å². The Bertz CT molecular complexity index is 412. The van der Waals surface area contributed by atoms with E-state index < -0.39 is 19.0 Å². The van der Waals surface area contributed by atoms with Gasteiger partial charge in [0.05, 0.1) is 12.8 Å². The van der Waals surface area contributed by atoms with Crippen LogP contribution in [0.4, 0.5) is 17.6 Å². The van der Waals surface area contributed by atoms with Crippen molar-refractivity contribution in [3.63, 3.8) is 0 Å². The standard InChI is InChI=1S/C13H21F4N3O/c1-3-18-11(5-4-10-6-19-20(2)7-10)8-21-9-13(16,17)12(14)15/h6-7,11-12,18H,3-5,8-9H2,1-2H3. The summed E-state index contributed by atoms with van der Waals surface area (Å²) in [4.78, 5) is 0. The van der Waals surface area contributed by atoms with Gasteiger partial charge in [-0.3, -0.25) is 4.68 Å². The molecule has 0 aliphatic heterocycles. The van der Waals surface area contributed by atoms with E-state index in [-0.39, 0.29) is 12.6 Å². The van der Waals surface area contributed by atoms with Crippen molar-refractivity contribution in [2.24, 2.45) is 7.05 Å². The Balaban J connectivity index is 2.36. The van der Waals surface area contributed by atoms with Crippen LogP contribution in [0, 0.1) is 0 Å². The Labute approximate surface area is 121 Å². The lowest BCUT2D eigenvalue weighted by Gasteiger charge is -2.20. The van der Waals surface area contributed by atoms with Gasteiger partial charge >= 0.3 is 12.3 Å². The van der Waals surface area contributed by atoms with Crippen molar-refractivity contribution in [1.82, 2.24) is 15.1 Å². The lowest BCUT2D eigenvalue weighted by Crippen LogP contribution is -2.38. The number of aromatic nitrogens is 2. The van der Waals surface area contributed by atoms with Crippen molar-refractivity contribution in [3.8, 4) is 0 Å². The van der Waals surface area contributed by atoms with E-state index in [9.17, 15) is 17.6 Å². The smallest absolute Gasteiger partial charge is 0.330 e. The van der Waals surface area contributed by atoms with E-state index in [1.54, 1.807) is 17.9 Å². The number of alkyl halides is 4. The first kappa shape index (κ1) is 17.9. The maximum atomic E-state index is 12.7. The molecule has 1 N–H and O–H groups in total. The topological polar surface area (TPSA) is 39.1 Å². The highest BCUT2D eigenvalue weighted by Crippen LogP contribution is 2.22. The minimum atomic E-state index is -4.10. The van der Waals surface area contributed by atoms with E-state index in [0.717, 1.165) is 5.56 Å². The molecule has 1 atom stereocenters. The second-order valence-electron chi connectivity index (χ2n) is 4.89. The van der Waals surface area contributed by atoms with Gasteiger partial charge < -0.3 is 10.1 Å². The van der Waals surface area contributed by atoms with Crippen molar-refractivity contribution in [1.29, 1.82) is 0 Å². The van der Waals surface area contributed by atoms with E-state index in [1.807, 2.05) is 13.1 Å². The average Bonchev–Trinajstić information content (AvgIpc) is 2.81. The van der Waals surface area contributed by atoms with Crippen molar-refractivity contribution in [2.75, 3.05) is 19.8 Å². The molecule has 0 saturated heterocycles. The minimum Gasteiger partial charge on any atom is -0.373 e. The third kappa shape index (κ3) is 6.43. The molecule has 1 rings (SSSR count). The Morgan fingerprint density at radius 1 is 1.43 bits per heavy atom. The van der Waals surface area contributed by atoms with Crippen LogP contribution in [0.3, 0.4) is 0 Å². The van der Waals surface area contributed by atoms with Crippen LogP contribution in [0.2, 0.25) is 0 Å². The van der Waals surface area contributed by atoms with E-state index in [2.05, 4.69) is 10.4 Å². The van der Waals surface area contributed by atoms with Gasteiger partial charge in [-0.15, -0.1) is 0 Å². The van der Waals surface area contributed by atoms with Crippen molar-refractivity contribution < 1.29 is 22.3 Å². The molecule has 1 unspecified atom stereocenters. The fourth-order valence-corrected chi connectivity index (χ4v) is 1.88. The van der Waals surface area contributed by atoms with Gasteiger partial charge in [-0.1, -0.05) is 6.92 Å². The van der Waals surface area contributed by atoms with Crippen molar-refractivity contribution >= 4 is 0 Å². The zero-order chi connectivity index (χ0) is 15.9. The number of nitrogens with one attached hydrogen (secondary N) is 1. The van der Waals surface area contributed by atoms with Crippen LogP contribution in [0.1, 0.15) is 18.9 Å². The van der Waals surface area contributed by atoms with E-state index in [1.165, 1.54) is 0 Å². The molecule has 21 heavy (non-hydrogen) atoms. The number of hydrogen-bond acceptors (Lipinski definition) is 3. The number of likely N-dealkylation sites (N-methyl/N-ethyl adjacent to an activating group) is 1. The molecule has 0 radical (unpaired) electrons. The molecule has 0 saturated carbocycles. The molecule has 0 fully saturated rings. The Morgan fingerprint density at radius 2 is 2.14 bits per heavy atom. The summed E-state index contributed by atoms with van der Waals surface area (Å²) in [6.07, 6.45) is 1.26. The number of ether oxygens (including phenoxy) is 1. The number of hydrogen-bond donors (Lipinski definition) is 1. The summed E-state index contributed by atoms with van der Waals surface area (Å²) in [6, 6.07) is -0.163. The average molecular weight is 311 g/mol. The van der Waals surface area contributed by atoms with Gasteiger partial charge in [-0.05, 0) is 24.9 Å². The van der Waals surface area contributed by atoms with Crippen LogP contribution in [0.5, 0.6) is 0 Å². The van der Waals surface area contributed by atoms with Gasteiger partial charge in [0.1, 0.15) is 6.61 Å². The molecular weight excluding hydrogens is 290 g/mol. The molecule has 1 aromatic heterocycles. The predicted molar refractivity (Wildman–Crippen MR) is 70.8 cm³/mol. The maximum Gasteiger partial charge on any atom is 0.330 e. The highest BCUT2D eigenvalue weighted by molar-refractivity contribution is 5.03. The minimum absolute atomic E-state index is 0.0313. The molecule has 0 aliphatic carbocycles. The van der Waals surface area contributed by atoms with Crippen LogP contribution < -0.4 is 5.32 Å². The zero-order valence-electron chi connectivity index (χ0n) is 12.2. The molecule has 0 spiro atoms. The molecule has 0 amide bonds. The Kier molecular flexibility index (Phi) is 7.10. The SMILES string of the molecule is CCNC(CCc1cnn(C)c1)COCC(F)(F)C(F)F. The van der Waals surface area contributed by atoms with E-state index >= 15 is 0 Å². The highest BCUT2D eigenvalue weighted by Gasteiger charge is 2.41. The Hall–Kier alpha value is -1.15. The fourth-order valence-electron chi connectivity index (χ4n) is 1.88. The first-order valence-electron chi connectivity index (χ1n) is 6.79. The van der Waals surface area contributed by atoms with Gasteiger partial charge in [0, 0.05) is 19.3 Å². The summed E-state index contributed by atoms with van der Waals surface area (Å²) >= 11 is 0. The summed E-state index contributed by atoms with van der Waals surface area (Å²) in [5, 5.41) is 7.13. The quantitative estimate of drug-likeness (QED) is 0.674.